The van der Waals surface area contributed by atoms with Gasteiger partial charge in [0.1, 0.15) is 17.1 Å². The Morgan fingerprint density at radius 1 is 1.00 bits per heavy atom. The molecule has 0 atom stereocenters. The molecule has 0 aliphatic heterocycles. The van der Waals surface area contributed by atoms with Crippen LogP contribution in [-0.4, -0.2) is 26.2 Å². The molecule has 0 radical (unpaired) electrons. The summed E-state index contributed by atoms with van der Waals surface area (Å²) in [6.07, 6.45) is 4.14. The van der Waals surface area contributed by atoms with Crippen molar-refractivity contribution in [2.24, 2.45) is 5.92 Å². The maximum atomic E-state index is 12.2. The van der Waals surface area contributed by atoms with Crippen molar-refractivity contribution in [3.8, 4) is 11.5 Å². The molecule has 0 unspecified atom stereocenters. The molecule has 2 amide bonds. The van der Waals surface area contributed by atoms with E-state index in [-0.39, 0.29) is 11.8 Å². The molecule has 6 nitrogen and oxygen atoms in total. The van der Waals surface area contributed by atoms with Gasteiger partial charge in [0.15, 0.2) is 0 Å². The highest BCUT2D eigenvalue weighted by Crippen LogP contribution is 2.32. The van der Waals surface area contributed by atoms with Crippen LogP contribution in [0.25, 0.3) is 0 Å². The van der Waals surface area contributed by atoms with Gasteiger partial charge in [0.25, 0.3) is 0 Å². The smallest absolute Gasteiger partial charge is 0.414 e. The standard InChI is InChI=1S/C19H27NO5/c1-19(2,14-10-15(23-3)12-16(11-14)24-4)25-18(22)20-17(21)13-8-6-5-7-9-13/h10-13H,5-9H2,1-4H3,(H,20,21,22). The second-order valence-electron chi connectivity index (χ2n) is 6.83. The van der Waals surface area contributed by atoms with Gasteiger partial charge in [-0.2, -0.15) is 0 Å². The summed E-state index contributed by atoms with van der Waals surface area (Å²) in [6, 6.07) is 5.30. The quantitative estimate of drug-likeness (QED) is 0.876. The number of benzene rings is 1. The number of alkyl carbamates (subject to hydrolysis) is 1. The van der Waals surface area contributed by atoms with Crippen LogP contribution < -0.4 is 14.8 Å². The van der Waals surface area contributed by atoms with Gasteiger partial charge in [-0.25, -0.2) is 4.79 Å². The van der Waals surface area contributed by atoms with Gasteiger partial charge in [-0.1, -0.05) is 19.3 Å². The lowest BCUT2D eigenvalue weighted by Crippen LogP contribution is -2.40. The lowest BCUT2D eigenvalue weighted by Gasteiger charge is -2.27. The minimum absolute atomic E-state index is 0.0960. The number of hydrogen-bond donors (Lipinski definition) is 1. The van der Waals surface area contributed by atoms with E-state index < -0.39 is 11.7 Å². The zero-order chi connectivity index (χ0) is 18.4. The second kappa shape index (κ2) is 8.23. The van der Waals surface area contributed by atoms with Crippen molar-refractivity contribution < 1.29 is 23.8 Å². The Labute approximate surface area is 148 Å². The molecule has 138 valence electrons. The third-order valence-corrected chi connectivity index (χ3v) is 4.60. The summed E-state index contributed by atoms with van der Waals surface area (Å²) >= 11 is 0. The van der Waals surface area contributed by atoms with Crippen molar-refractivity contribution in [3.05, 3.63) is 23.8 Å². The fourth-order valence-electron chi connectivity index (χ4n) is 3.04. The van der Waals surface area contributed by atoms with Crippen molar-refractivity contribution in [3.63, 3.8) is 0 Å². The number of carbonyl (C=O) groups is 2. The second-order valence-corrected chi connectivity index (χ2v) is 6.83. The molecule has 1 aliphatic carbocycles. The number of imide groups is 1. The maximum absolute atomic E-state index is 12.2. The molecule has 1 aliphatic rings. The van der Waals surface area contributed by atoms with Crippen molar-refractivity contribution in [1.29, 1.82) is 0 Å². The van der Waals surface area contributed by atoms with Crippen molar-refractivity contribution in [2.45, 2.75) is 51.6 Å². The first-order valence-electron chi connectivity index (χ1n) is 8.63. The van der Waals surface area contributed by atoms with Crippen LogP contribution in [0.2, 0.25) is 0 Å². The number of rotatable bonds is 5. The summed E-state index contributed by atoms with van der Waals surface area (Å²) in [4.78, 5) is 24.4. The molecule has 0 heterocycles. The van der Waals surface area contributed by atoms with Crippen LogP contribution in [-0.2, 0) is 15.1 Å². The van der Waals surface area contributed by atoms with Crippen LogP contribution in [0.1, 0.15) is 51.5 Å². The topological polar surface area (TPSA) is 73.9 Å². The Hall–Kier alpha value is -2.24. The van der Waals surface area contributed by atoms with Crippen LogP contribution >= 0.6 is 0 Å². The molecule has 1 saturated carbocycles. The van der Waals surface area contributed by atoms with E-state index in [1.807, 2.05) is 0 Å². The van der Waals surface area contributed by atoms with Crippen molar-refractivity contribution in [1.82, 2.24) is 5.32 Å². The Balaban J connectivity index is 2.04. The first kappa shape index (κ1) is 19.1. The molecular weight excluding hydrogens is 322 g/mol. The van der Waals surface area contributed by atoms with E-state index in [2.05, 4.69) is 5.32 Å². The SMILES string of the molecule is COc1cc(OC)cc(C(C)(C)OC(=O)NC(=O)C2CCCCC2)c1. The van der Waals surface area contributed by atoms with E-state index in [0.29, 0.717) is 17.1 Å². The Kier molecular flexibility index (Phi) is 6.28. The van der Waals surface area contributed by atoms with Crippen LogP contribution in [0.4, 0.5) is 4.79 Å². The first-order valence-corrected chi connectivity index (χ1v) is 8.63. The van der Waals surface area contributed by atoms with Gasteiger partial charge in [0.05, 0.1) is 14.2 Å². The fraction of sp³-hybridized carbons (Fsp3) is 0.579. The minimum atomic E-state index is -0.946. The molecule has 6 heteroatoms. The molecule has 0 saturated heterocycles. The predicted octanol–water partition coefficient (Wildman–Crippen LogP) is 3.77. The summed E-state index contributed by atoms with van der Waals surface area (Å²) < 4.78 is 16.0. The van der Waals surface area contributed by atoms with E-state index in [0.717, 1.165) is 32.1 Å². The minimum Gasteiger partial charge on any atom is -0.497 e. The summed E-state index contributed by atoms with van der Waals surface area (Å²) in [5, 5.41) is 2.37. The fourth-order valence-corrected chi connectivity index (χ4v) is 3.04. The summed E-state index contributed by atoms with van der Waals surface area (Å²) in [5.74, 6) is 0.861. The zero-order valence-electron chi connectivity index (χ0n) is 15.4. The van der Waals surface area contributed by atoms with Crippen molar-refractivity contribution >= 4 is 12.0 Å². The summed E-state index contributed by atoms with van der Waals surface area (Å²) in [7, 11) is 3.11. The number of amides is 2. The number of hydrogen-bond acceptors (Lipinski definition) is 5. The molecular formula is C19H27NO5. The Morgan fingerprint density at radius 2 is 1.56 bits per heavy atom. The monoisotopic (exact) mass is 349 g/mol. The lowest BCUT2D eigenvalue weighted by molar-refractivity contribution is -0.125. The number of ether oxygens (including phenoxy) is 3. The number of carbonyl (C=O) groups excluding carboxylic acids is 2. The van der Waals surface area contributed by atoms with Gasteiger partial charge in [0, 0.05) is 17.5 Å². The van der Waals surface area contributed by atoms with E-state index in [1.54, 1.807) is 46.3 Å². The Morgan fingerprint density at radius 3 is 2.08 bits per heavy atom. The maximum Gasteiger partial charge on any atom is 0.414 e. The van der Waals surface area contributed by atoms with E-state index in [1.165, 1.54) is 0 Å². The van der Waals surface area contributed by atoms with Crippen LogP contribution in [0, 0.1) is 5.92 Å². The van der Waals surface area contributed by atoms with E-state index in [4.69, 9.17) is 14.2 Å². The van der Waals surface area contributed by atoms with Crippen LogP contribution in [0.5, 0.6) is 11.5 Å². The van der Waals surface area contributed by atoms with E-state index >= 15 is 0 Å². The summed E-state index contributed by atoms with van der Waals surface area (Å²) in [5.41, 5.74) is -0.234. The van der Waals surface area contributed by atoms with Gasteiger partial charge < -0.3 is 14.2 Å². The van der Waals surface area contributed by atoms with Gasteiger partial charge in [0.2, 0.25) is 5.91 Å². The van der Waals surface area contributed by atoms with Gasteiger partial charge in [-0.3, -0.25) is 10.1 Å². The third-order valence-electron chi connectivity index (χ3n) is 4.60. The normalized spacial score (nSPS) is 15.4. The van der Waals surface area contributed by atoms with Crippen molar-refractivity contribution in [2.75, 3.05) is 14.2 Å². The number of nitrogens with one attached hydrogen (secondary N) is 1. The average molecular weight is 349 g/mol. The molecule has 0 spiro atoms. The third kappa shape index (κ3) is 5.11. The molecule has 0 bridgehead atoms. The highest BCUT2D eigenvalue weighted by atomic mass is 16.6. The predicted molar refractivity (Wildman–Crippen MR) is 93.8 cm³/mol. The molecule has 1 aromatic rings. The highest BCUT2D eigenvalue weighted by molar-refractivity contribution is 5.93. The average Bonchev–Trinajstić information content (AvgIpc) is 2.61. The lowest BCUT2D eigenvalue weighted by atomic mass is 9.89. The van der Waals surface area contributed by atoms with Crippen LogP contribution in [0.3, 0.4) is 0 Å². The Bertz CT molecular complexity index is 598. The van der Waals surface area contributed by atoms with Gasteiger partial charge in [-0.15, -0.1) is 0 Å². The highest BCUT2D eigenvalue weighted by Gasteiger charge is 2.29. The zero-order valence-corrected chi connectivity index (χ0v) is 15.4. The molecule has 1 aromatic carbocycles. The number of methoxy groups -OCH3 is 2. The van der Waals surface area contributed by atoms with Gasteiger partial charge in [-0.05, 0) is 38.8 Å². The van der Waals surface area contributed by atoms with Gasteiger partial charge >= 0.3 is 6.09 Å². The largest absolute Gasteiger partial charge is 0.497 e. The molecule has 0 aromatic heterocycles. The first-order chi connectivity index (χ1) is 11.9. The molecule has 1 N–H and O–H groups in total. The summed E-state index contributed by atoms with van der Waals surface area (Å²) in [6.45, 7) is 3.51. The molecule has 25 heavy (non-hydrogen) atoms. The molecule has 2 rings (SSSR count). The van der Waals surface area contributed by atoms with Crippen LogP contribution in [0.15, 0.2) is 18.2 Å². The van der Waals surface area contributed by atoms with E-state index in [9.17, 15) is 9.59 Å². The molecule has 1 fully saturated rings.